The van der Waals surface area contributed by atoms with E-state index in [9.17, 15) is 4.79 Å². The smallest absolute Gasteiger partial charge is 0.227 e. The van der Waals surface area contributed by atoms with Crippen molar-refractivity contribution in [3.05, 3.63) is 41.8 Å². The average Bonchev–Trinajstić information content (AvgIpc) is 3.54. The molecule has 2 fully saturated rings. The Morgan fingerprint density at radius 3 is 2.55 bits per heavy atom. The Kier molecular flexibility index (Phi) is 7.28. The van der Waals surface area contributed by atoms with E-state index >= 15 is 0 Å². The second kappa shape index (κ2) is 10.5. The molecule has 0 bridgehead atoms. The minimum absolute atomic E-state index is 0.270. The first-order valence-corrected chi connectivity index (χ1v) is 13.9. The molecule has 1 aliphatic heterocycles. The Bertz CT molecular complexity index is 1030. The largest absolute Gasteiger partial charge is 0.353 e. The zero-order valence-corrected chi connectivity index (χ0v) is 21.1. The molecule has 7 heteroatoms. The SMILES string of the molecule is CN(C(=O)CC1CCC(CCN2CCN(c3nsc4ccccc34)CC2)CC1)c1cccs1. The van der Waals surface area contributed by atoms with Crippen LogP contribution in [-0.2, 0) is 4.79 Å². The number of rotatable bonds is 7. The van der Waals surface area contributed by atoms with Crippen molar-refractivity contribution in [2.45, 2.75) is 38.5 Å². The first-order chi connectivity index (χ1) is 16.2. The summed E-state index contributed by atoms with van der Waals surface area (Å²) in [5, 5.41) is 4.38. The van der Waals surface area contributed by atoms with Crippen molar-refractivity contribution in [3.8, 4) is 0 Å². The number of thiophene rings is 1. The summed E-state index contributed by atoms with van der Waals surface area (Å²) in [4.78, 5) is 19.6. The molecule has 3 aromatic rings. The van der Waals surface area contributed by atoms with Gasteiger partial charge in [0.05, 0.1) is 9.70 Å². The molecule has 0 atom stereocenters. The molecule has 0 spiro atoms. The van der Waals surface area contributed by atoms with Crippen molar-refractivity contribution in [2.75, 3.05) is 49.6 Å². The number of hydrogen-bond acceptors (Lipinski definition) is 6. The van der Waals surface area contributed by atoms with Gasteiger partial charge in [0.25, 0.3) is 0 Å². The molecule has 1 aliphatic carbocycles. The molecule has 5 nitrogen and oxygen atoms in total. The highest BCUT2D eigenvalue weighted by atomic mass is 32.1. The molecule has 0 N–H and O–H groups in total. The summed E-state index contributed by atoms with van der Waals surface area (Å²) in [6, 6.07) is 12.6. The van der Waals surface area contributed by atoms with Crippen LogP contribution in [0.2, 0.25) is 0 Å². The lowest BCUT2D eigenvalue weighted by atomic mass is 9.79. The average molecular weight is 483 g/mol. The van der Waals surface area contributed by atoms with E-state index < -0.39 is 0 Å². The van der Waals surface area contributed by atoms with E-state index in [1.165, 1.54) is 54.6 Å². The first kappa shape index (κ1) is 22.8. The molecule has 1 amide bonds. The molecule has 1 aromatic carbocycles. The third-order valence-corrected chi connectivity index (χ3v) is 9.29. The molecule has 0 unspecified atom stereocenters. The van der Waals surface area contributed by atoms with Gasteiger partial charge in [-0.05, 0) is 78.8 Å². The molecule has 3 heterocycles. The molecule has 5 rings (SSSR count). The van der Waals surface area contributed by atoms with E-state index in [2.05, 4.69) is 34.1 Å². The number of hydrogen-bond donors (Lipinski definition) is 0. The molecular weight excluding hydrogens is 448 g/mol. The fraction of sp³-hybridized carbons (Fsp3) is 0.538. The number of benzene rings is 1. The zero-order valence-electron chi connectivity index (χ0n) is 19.5. The fourth-order valence-electron chi connectivity index (χ4n) is 5.34. The van der Waals surface area contributed by atoms with Gasteiger partial charge in [-0.1, -0.05) is 25.0 Å². The highest BCUT2D eigenvalue weighted by Crippen LogP contribution is 2.34. The van der Waals surface area contributed by atoms with Gasteiger partial charge in [0.2, 0.25) is 5.91 Å². The summed E-state index contributed by atoms with van der Waals surface area (Å²) in [7, 11) is 1.91. The van der Waals surface area contributed by atoms with Gasteiger partial charge in [-0.25, -0.2) is 0 Å². The van der Waals surface area contributed by atoms with Gasteiger partial charge in [-0.2, -0.15) is 4.37 Å². The zero-order chi connectivity index (χ0) is 22.6. The molecule has 0 radical (unpaired) electrons. The van der Waals surface area contributed by atoms with Gasteiger partial charge in [0.1, 0.15) is 5.82 Å². The van der Waals surface area contributed by atoms with Crippen LogP contribution in [0.3, 0.4) is 0 Å². The van der Waals surface area contributed by atoms with Crippen molar-refractivity contribution in [1.29, 1.82) is 0 Å². The van der Waals surface area contributed by atoms with E-state index in [1.54, 1.807) is 22.9 Å². The lowest BCUT2D eigenvalue weighted by Gasteiger charge is -2.36. The number of amides is 1. The number of carbonyl (C=O) groups excluding carboxylic acids is 1. The van der Waals surface area contributed by atoms with Crippen LogP contribution in [0.1, 0.15) is 38.5 Å². The number of aromatic nitrogens is 1. The van der Waals surface area contributed by atoms with Crippen molar-refractivity contribution in [3.63, 3.8) is 0 Å². The van der Waals surface area contributed by atoms with Crippen LogP contribution >= 0.6 is 22.9 Å². The maximum absolute atomic E-state index is 12.6. The molecule has 2 aliphatic rings. The summed E-state index contributed by atoms with van der Waals surface area (Å²) in [6.45, 7) is 5.61. The van der Waals surface area contributed by atoms with E-state index in [4.69, 9.17) is 4.37 Å². The summed E-state index contributed by atoms with van der Waals surface area (Å²) < 4.78 is 6.02. The normalized spacial score (nSPS) is 22.0. The molecule has 1 saturated heterocycles. The van der Waals surface area contributed by atoms with Gasteiger partial charge in [0.15, 0.2) is 0 Å². The van der Waals surface area contributed by atoms with Crippen LogP contribution in [0, 0.1) is 11.8 Å². The lowest BCUT2D eigenvalue weighted by Crippen LogP contribution is -2.47. The van der Waals surface area contributed by atoms with Gasteiger partial charge < -0.3 is 9.80 Å². The van der Waals surface area contributed by atoms with Crippen molar-refractivity contribution in [2.24, 2.45) is 11.8 Å². The number of nitrogens with zero attached hydrogens (tertiary/aromatic N) is 4. The Morgan fingerprint density at radius 1 is 1.03 bits per heavy atom. The third kappa shape index (κ3) is 5.42. The molecule has 176 valence electrons. The third-order valence-electron chi connectivity index (χ3n) is 7.52. The van der Waals surface area contributed by atoms with Crippen LogP contribution in [-0.4, -0.2) is 55.0 Å². The summed E-state index contributed by atoms with van der Waals surface area (Å²) >= 11 is 3.25. The van der Waals surface area contributed by atoms with Gasteiger partial charge in [0, 0.05) is 45.0 Å². The molecular formula is C26H34N4OS2. The van der Waals surface area contributed by atoms with Gasteiger partial charge in [-0.3, -0.25) is 9.69 Å². The second-order valence-electron chi connectivity index (χ2n) is 9.61. The highest BCUT2D eigenvalue weighted by Gasteiger charge is 2.26. The topological polar surface area (TPSA) is 39.7 Å². The van der Waals surface area contributed by atoms with Crippen LogP contribution < -0.4 is 9.80 Å². The van der Waals surface area contributed by atoms with Gasteiger partial charge >= 0.3 is 0 Å². The molecule has 1 saturated carbocycles. The van der Waals surface area contributed by atoms with Crippen molar-refractivity contribution >= 4 is 49.7 Å². The lowest BCUT2D eigenvalue weighted by molar-refractivity contribution is -0.119. The van der Waals surface area contributed by atoms with E-state index in [0.29, 0.717) is 12.3 Å². The fourth-order valence-corrected chi connectivity index (χ4v) is 6.85. The molecule has 33 heavy (non-hydrogen) atoms. The van der Waals surface area contributed by atoms with E-state index in [0.717, 1.165) is 37.1 Å². The quantitative estimate of drug-likeness (QED) is 0.431. The highest BCUT2D eigenvalue weighted by molar-refractivity contribution is 7.14. The summed E-state index contributed by atoms with van der Waals surface area (Å²) in [5.74, 6) is 2.83. The maximum Gasteiger partial charge on any atom is 0.227 e. The number of fused-ring (bicyclic) bond motifs is 1. The Hall–Kier alpha value is -1.96. The number of carbonyl (C=O) groups is 1. The predicted octanol–water partition coefficient (Wildman–Crippen LogP) is 5.73. The summed E-state index contributed by atoms with van der Waals surface area (Å²) in [6.07, 6.45) is 6.99. The van der Waals surface area contributed by atoms with Gasteiger partial charge in [-0.15, -0.1) is 11.3 Å². The van der Waals surface area contributed by atoms with Crippen LogP contribution in [0.4, 0.5) is 10.8 Å². The maximum atomic E-state index is 12.6. The number of piperazine rings is 1. The Morgan fingerprint density at radius 2 is 1.79 bits per heavy atom. The van der Waals surface area contributed by atoms with Crippen LogP contribution in [0.25, 0.3) is 10.1 Å². The van der Waals surface area contributed by atoms with E-state index in [1.807, 2.05) is 29.5 Å². The minimum atomic E-state index is 0.270. The molecule has 2 aromatic heterocycles. The monoisotopic (exact) mass is 482 g/mol. The van der Waals surface area contributed by atoms with Crippen molar-refractivity contribution in [1.82, 2.24) is 9.27 Å². The summed E-state index contributed by atoms with van der Waals surface area (Å²) in [5.41, 5.74) is 0. The number of anilines is 2. The predicted molar refractivity (Wildman–Crippen MR) is 141 cm³/mol. The van der Waals surface area contributed by atoms with Crippen molar-refractivity contribution < 1.29 is 4.79 Å². The Balaban J connectivity index is 1.02. The van der Waals surface area contributed by atoms with Crippen LogP contribution in [0.15, 0.2) is 41.8 Å². The van der Waals surface area contributed by atoms with E-state index in [-0.39, 0.29) is 5.91 Å². The minimum Gasteiger partial charge on any atom is -0.353 e. The first-order valence-electron chi connectivity index (χ1n) is 12.3. The standard InChI is InChI=1S/C26H34N4OS2/c1-28(25-7-4-18-32-25)24(31)19-21-10-8-20(9-11-21)12-13-29-14-16-30(17-15-29)26-22-5-2-3-6-23(22)33-27-26/h2-7,18,20-21H,8-17,19H2,1H3. The Labute approximate surface area is 205 Å². The second-order valence-corrected chi connectivity index (χ2v) is 11.3. The van der Waals surface area contributed by atoms with Crippen LogP contribution in [0.5, 0.6) is 0 Å².